The third kappa shape index (κ3) is 5.26. The van der Waals surface area contributed by atoms with Crippen molar-refractivity contribution in [2.75, 3.05) is 0 Å². The van der Waals surface area contributed by atoms with Gasteiger partial charge in [-0.2, -0.15) is 0 Å². The van der Waals surface area contributed by atoms with Gasteiger partial charge in [0.2, 0.25) is 0 Å². The van der Waals surface area contributed by atoms with Crippen LogP contribution in [0.1, 0.15) is 59.6 Å². The number of Topliss-reactive ketones (excluding diaryl/α,β-unsaturated/α-hetero) is 1. The monoisotopic (exact) mass is 580 g/mol. The summed E-state index contributed by atoms with van der Waals surface area (Å²) in [5.74, 6) is 0.521. The van der Waals surface area contributed by atoms with Gasteiger partial charge in [-0.25, -0.2) is 0 Å². The lowest BCUT2D eigenvalue weighted by Gasteiger charge is -2.22. The molecule has 0 bridgehead atoms. The second kappa shape index (κ2) is 11.8. The second-order valence-electron chi connectivity index (χ2n) is 11.5. The van der Waals surface area contributed by atoms with E-state index in [-0.39, 0.29) is 5.78 Å². The first-order chi connectivity index (χ1) is 21.2. The Bertz CT molecular complexity index is 1780. The highest BCUT2D eigenvalue weighted by molar-refractivity contribution is 5.94. The van der Waals surface area contributed by atoms with Crippen molar-refractivity contribution in [2.45, 2.75) is 53.4 Å². The lowest BCUT2D eigenvalue weighted by Crippen LogP contribution is -2.20. The first-order valence-electron chi connectivity index (χ1n) is 14.9. The van der Waals surface area contributed by atoms with Crippen LogP contribution >= 0.6 is 0 Å². The van der Waals surface area contributed by atoms with Gasteiger partial charge in [-0.05, 0) is 75.2 Å². The Morgan fingerprint density at radius 3 is 1.20 bits per heavy atom. The van der Waals surface area contributed by atoms with E-state index < -0.39 is 11.8 Å². The summed E-state index contributed by atoms with van der Waals surface area (Å²) in [6.45, 7) is 12.1. The minimum atomic E-state index is -0.471. The van der Waals surface area contributed by atoms with Gasteiger partial charge in [0.15, 0.2) is 11.6 Å². The van der Waals surface area contributed by atoms with Crippen molar-refractivity contribution in [3.05, 3.63) is 131 Å². The van der Waals surface area contributed by atoms with Gasteiger partial charge in [0, 0.05) is 45.7 Å². The number of carbonyl (C=O) groups is 1. The molecule has 0 aliphatic heterocycles. The van der Waals surface area contributed by atoms with Gasteiger partial charge in [0.05, 0.1) is 11.4 Å². The Morgan fingerprint density at radius 2 is 0.864 bits per heavy atom. The van der Waals surface area contributed by atoms with E-state index >= 15 is 0 Å². The molecule has 44 heavy (non-hydrogen) atoms. The lowest BCUT2D eigenvalue weighted by molar-refractivity contribution is -0.121. The molecule has 0 aliphatic rings. The maximum Gasteiger partial charge on any atom is 0.160 e. The largest absolute Gasteiger partial charge is 0.302 e. The van der Waals surface area contributed by atoms with Crippen molar-refractivity contribution >= 4 is 5.78 Å². The molecule has 7 heteroatoms. The Kier molecular flexibility index (Phi) is 7.78. The molecule has 6 aromatic rings. The summed E-state index contributed by atoms with van der Waals surface area (Å²) in [6.07, 6.45) is 0. The highest BCUT2D eigenvalue weighted by Gasteiger charge is 2.29. The molecular weight excluding hydrogens is 544 g/mol. The molecule has 6 rings (SSSR count). The Balaban J connectivity index is 1.47. The Labute approximate surface area is 258 Å². The van der Waals surface area contributed by atoms with Crippen LogP contribution < -0.4 is 0 Å². The van der Waals surface area contributed by atoms with Crippen LogP contribution in [0.5, 0.6) is 0 Å². The zero-order valence-electron chi connectivity index (χ0n) is 26.0. The summed E-state index contributed by atoms with van der Waals surface area (Å²) in [5, 5.41) is 18.6. The van der Waals surface area contributed by atoms with E-state index in [1.54, 1.807) is 0 Å². The average molecular weight is 581 g/mol. The molecule has 220 valence electrons. The van der Waals surface area contributed by atoms with E-state index in [0.29, 0.717) is 23.0 Å². The molecule has 2 aromatic carbocycles. The van der Waals surface area contributed by atoms with Crippen LogP contribution in [0.15, 0.2) is 97.1 Å². The summed E-state index contributed by atoms with van der Waals surface area (Å²) in [6, 6.07) is 32.2. The fourth-order valence-electron chi connectivity index (χ4n) is 6.05. The summed E-state index contributed by atoms with van der Waals surface area (Å²) in [4.78, 5) is 14.6. The van der Waals surface area contributed by atoms with Crippen molar-refractivity contribution < 1.29 is 4.79 Å². The summed E-state index contributed by atoms with van der Waals surface area (Å²) >= 11 is 0. The van der Waals surface area contributed by atoms with Gasteiger partial charge in [0.25, 0.3) is 0 Å². The van der Waals surface area contributed by atoms with Crippen LogP contribution in [-0.4, -0.2) is 35.3 Å². The van der Waals surface area contributed by atoms with Crippen molar-refractivity contribution in [2.24, 2.45) is 0 Å². The van der Waals surface area contributed by atoms with E-state index in [1.165, 1.54) is 0 Å². The van der Waals surface area contributed by atoms with E-state index in [9.17, 15) is 4.79 Å². The molecule has 0 saturated carbocycles. The standard InChI is InChI=1S/C37H36N6O/c1-23-17-18-24(2)42(23)33-21-31(35(40-38-33)29-13-9-7-10-14-29)27(5)37(44)28(6)32-22-34(43-25(3)19-20-26(43)4)39-41-36(32)30-15-11-8-12-16-30/h7-22,27-28H,1-6H3. The van der Waals surface area contributed by atoms with Gasteiger partial charge in [0.1, 0.15) is 5.78 Å². The number of aryl methyl sites for hydroxylation is 4. The minimum Gasteiger partial charge on any atom is -0.302 e. The average Bonchev–Trinajstić information content (AvgIpc) is 3.58. The quantitative estimate of drug-likeness (QED) is 0.183. The zero-order chi connectivity index (χ0) is 31.0. The molecule has 0 fully saturated rings. The summed E-state index contributed by atoms with van der Waals surface area (Å²) in [7, 11) is 0. The van der Waals surface area contributed by atoms with Crippen LogP contribution in [0.3, 0.4) is 0 Å². The molecule has 0 amide bonds. The number of ketones is 1. The number of nitrogens with zero attached hydrogens (tertiary/aromatic N) is 6. The van der Waals surface area contributed by atoms with E-state index in [1.807, 2.05) is 114 Å². The van der Waals surface area contributed by atoms with E-state index in [0.717, 1.165) is 45.0 Å². The fourth-order valence-corrected chi connectivity index (χ4v) is 6.05. The van der Waals surface area contributed by atoms with Crippen LogP contribution in [0.25, 0.3) is 34.2 Å². The highest BCUT2D eigenvalue weighted by atomic mass is 16.1. The second-order valence-corrected chi connectivity index (χ2v) is 11.5. The van der Waals surface area contributed by atoms with Gasteiger partial charge < -0.3 is 9.13 Å². The van der Waals surface area contributed by atoms with Crippen LogP contribution in [0, 0.1) is 27.7 Å². The number of hydrogen-bond acceptors (Lipinski definition) is 5. The molecule has 4 heterocycles. The molecular formula is C37H36N6O. The number of benzene rings is 2. The predicted octanol–water partition coefficient (Wildman–Crippen LogP) is 7.89. The topological polar surface area (TPSA) is 78.5 Å². The molecule has 0 aliphatic carbocycles. The maximum absolute atomic E-state index is 14.6. The first kappa shape index (κ1) is 28.9. The number of hydrogen-bond donors (Lipinski definition) is 0. The normalized spacial score (nSPS) is 12.7. The molecule has 2 atom stereocenters. The smallest absolute Gasteiger partial charge is 0.160 e. The predicted molar refractivity (Wildman–Crippen MR) is 174 cm³/mol. The van der Waals surface area contributed by atoms with Crippen LogP contribution in [0.2, 0.25) is 0 Å². The van der Waals surface area contributed by atoms with E-state index in [2.05, 4.69) is 43.6 Å². The maximum atomic E-state index is 14.6. The van der Waals surface area contributed by atoms with Crippen LogP contribution in [0.4, 0.5) is 0 Å². The van der Waals surface area contributed by atoms with Gasteiger partial charge >= 0.3 is 0 Å². The van der Waals surface area contributed by atoms with Crippen LogP contribution in [-0.2, 0) is 4.79 Å². The fraction of sp³-hybridized carbons (Fsp3) is 0.216. The Hall–Kier alpha value is -5.17. The third-order valence-electron chi connectivity index (χ3n) is 8.50. The van der Waals surface area contributed by atoms with Crippen molar-refractivity contribution in [1.29, 1.82) is 0 Å². The third-order valence-corrected chi connectivity index (χ3v) is 8.50. The SMILES string of the molecule is Cc1ccc(C)n1-c1cc(C(C)C(=O)C(C)c2cc(-n3c(C)ccc3C)nnc2-c2ccccc2)c(-c2ccccc2)nn1. The summed E-state index contributed by atoms with van der Waals surface area (Å²) in [5.41, 5.74) is 9.17. The molecule has 2 unspecified atom stereocenters. The molecule has 0 radical (unpaired) electrons. The molecule has 0 saturated heterocycles. The summed E-state index contributed by atoms with van der Waals surface area (Å²) < 4.78 is 4.14. The van der Waals surface area contributed by atoms with Crippen molar-refractivity contribution in [3.8, 4) is 34.2 Å². The van der Waals surface area contributed by atoms with Gasteiger partial charge in [-0.1, -0.05) is 74.5 Å². The minimum absolute atomic E-state index is 0.0687. The molecule has 7 nitrogen and oxygen atoms in total. The number of carbonyl (C=O) groups excluding carboxylic acids is 1. The molecule has 0 spiro atoms. The van der Waals surface area contributed by atoms with Crippen molar-refractivity contribution in [3.63, 3.8) is 0 Å². The number of rotatable bonds is 8. The molecule has 4 aromatic heterocycles. The zero-order valence-corrected chi connectivity index (χ0v) is 26.0. The van der Waals surface area contributed by atoms with Crippen molar-refractivity contribution in [1.82, 2.24) is 29.5 Å². The lowest BCUT2D eigenvalue weighted by atomic mass is 9.83. The highest BCUT2D eigenvalue weighted by Crippen LogP contribution is 2.36. The number of aromatic nitrogens is 6. The Morgan fingerprint density at radius 1 is 0.523 bits per heavy atom. The van der Waals surface area contributed by atoms with Gasteiger partial charge in [-0.15, -0.1) is 20.4 Å². The first-order valence-corrected chi connectivity index (χ1v) is 14.9. The van der Waals surface area contributed by atoms with E-state index in [4.69, 9.17) is 10.2 Å². The van der Waals surface area contributed by atoms with Gasteiger partial charge in [-0.3, -0.25) is 4.79 Å². The molecule has 0 N–H and O–H groups in total.